The van der Waals surface area contributed by atoms with E-state index >= 15 is 0 Å². The molecule has 0 aliphatic carbocycles. The maximum absolute atomic E-state index is 12.4. The number of carboxylic acids is 1. The molecule has 21 heavy (non-hydrogen) atoms. The van der Waals surface area contributed by atoms with Crippen LogP contribution >= 0.6 is 11.6 Å². The van der Waals surface area contributed by atoms with Crippen molar-refractivity contribution in [1.29, 1.82) is 0 Å². The van der Waals surface area contributed by atoms with Crippen molar-refractivity contribution in [3.8, 4) is 0 Å². The fraction of sp³-hybridized carbons (Fsp3) is 0.467. The number of carbonyl (C=O) groups excluding carboxylic acids is 1. The van der Waals surface area contributed by atoms with Gasteiger partial charge in [0.25, 0.3) is 5.91 Å². The largest absolute Gasteiger partial charge is 0.480 e. The summed E-state index contributed by atoms with van der Waals surface area (Å²) in [5.41, 5.74) is 1.54. The first-order chi connectivity index (χ1) is 9.95. The van der Waals surface area contributed by atoms with E-state index in [0.717, 1.165) is 5.56 Å². The Kier molecular flexibility index (Phi) is 5.20. The number of aliphatic carboxylic acids is 1. The number of likely N-dealkylation sites (tertiary alicyclic amines) is 1. The lowest BCUT2D eigenvalue weighted by Crippen LogP contribution is -2.41. The number of nitrogens with zero attached hydrogens (tertiary/aromatic N) is 1. The van der Waals surface area contributed by atoms with Gasteiger partial charge in [-0.15, -0.1) is 0 Å². The van der Waals surface area contributed by atoms with Crippen LogP contribution in [0.5, 0.6) is 0 Å². The zero-order valence-electron chi connectivity index (χ0n) is 11.8. The van der Waals surface area contributed by atoms with Crippen LogP contribution in [0.4, 0.5) is 0 Å². The molecule has 0 atom stereocenters. The zero-order chi connectivity index (χ0) is 15.4. The van der Waals surface area contributed by atoms with Crippen molar-refractivity contribution >= 4 is 23.5 Å². The van der Waals surface area contributed by atoms with Gasteiger partial charge in [-0.3, -0.25) is 4.79 Å². The van der Waals surface area contributed by atoms with Crippen molar-refractivity contribution in [2.24, 2.45) is 0 Å². The number of piperidine rings is 1. The number of hydrogen-bond acceptors (Lipinski definition) is 3. The van der Waals surface area contributed by atoms with Crippen LogP contribution in [0.25, 0.3) is 0 Å². The first-order valence-corrected chi connectivity index (χ1v) is 7.23. The third-order valence-electron chi connectivity index (χ3n) is 3.46. The number of ether oxygens (including phenoxy) is 1. The Bertz CT molecular complexity index is 518. The Balaban J connectivity index is 1.92. The van der Waals surface area contributed by atoms with Gasteiger partial charge in [0.15, 0.2) is 0 Å². The lowest BCUT2D eigenvalue weighted by Gasteiger charge is -2.31. The van der Waals surface area contributed by atoms with E-state index in [0.29, 0.717) is 36.5 Å². The molecule has 114 valence electrons. The summed E-state index contributed by atoms with van der Waals surface area (Å²) < 4.78 is 5.26. The van der Waals surface area contributed by atoms with Crippen LogP contribution < -0.4 is 0 Å². The normalized spacial score (nSPS) is 16.0. The van der Waals surface area contributed by atoms with Crippen molar-refractivity contribution in [1.82, 2.24) is 4.90 Å². The van der Waals surface area contributed by atoms with Gasteiger partial charge in [0.2, 0.25) is 0 Å². The van der Waals surface area contributed by atoms with E-state index in [-0.39, 0.29) is 18.6 Å². The van der Waals surface area contributed by atoms with Gasteiger partial charge in [-0.05, 0) is 43.5 Å². The maximum atomic E-state index is 12.4. The molecule has 1 N–H and O–H groups in total. The number of carboxylic acid groups (broad SMARTS) is 1. The molecule has 0 saturated carbocycles. The molecule has 1 aliphatic rings. The van der Waals surface area contributed by atoms with Crippen LogP contribution in [-0.4, -0.2) is 47.7 Å². The van der Waals surface area contributed by atoms with Gasteiger partial charge in [-0.2, -0.15) is 0 Å². The summed E-state index contributed by atoms with van der Waals surface area (Å²) in [5, 5.41) is 9.14. The molecule has 0 radical (unpaired) electrons. The molecule has 1 fully saturated rings. The fourth-order valence-electron chi connectivity index (χ4n) is 2.46. The second kappa shape index (κ2) is 6.91. The molecular weight excluding hydrogens is 294 g/mol. The minimum atomic E-state index is -0.970. The molecule has 1 aromatic rings. The summed E-state index contributed by atoms with van der Waals surface area (Å²) in [5.74, 6) is -1.01. The molecule has 1 saturated heterocycles. The van der Waals surface area contributed by atoms with Crippen molar-refractivity contribution < 1.29 is 19.4 Å². The summed E-state index contributed by atoms with van der Waals surface area (Å²) in [6, 6.07) is 5.30. The molecule has 1 amide bonds. The third kappa shape index (κ3) is 4.44. The smallest absolute Gasteiger partial charge is 0.329 e. The molecule has 0 bridgehead atoms. The van der Waals surface area contributed by atoms with Gasteiger partial charge in [0.1, 0.15) is 6.61 Å². The van der Waals surface area contributed by atoms with Gasteiger partial charge in [-0.1, -0.05) is 11.6 Å². The minimum absolute atomic E-state index is 0.0442. The third-order valence-corrected chi connectivity index (χ3v) is 3.68. The quantitative estimate of drug-likeness (QED) is 0.927. The lowest BCUT2D eigenvalue weighted by atomic mass is 10.1. The second-order valence-electron chi connectivity index (χ2n) is 5.21. The van der Waals surface area contributed by atoms with Gasteiger partial charge >= 0.3 is 5.97 Å². The summed E-state index contributed by atoms with van der Waals surface area (Å²) >= 11 is 5.98. The van der Waals surface area contributed by atoms with E-state index in [1.54, 1.807) is 11.0 Å². The number of rotatable bonds is 4. The van der Waals surface area contributed by atoms with Crippen LogP contribution in [0.1, 0.15) is 28.8 Å². The van der Waals surface area contributed by atoms with Gasteiger partial charge in [0.05, 0.1) is 6.10 Å². The Labute approximate surface area is 128 Å². The number of amides is 1. The van der Waals surface area contributed by atoms with Crippen LogP contribution in [-0.2, 0) is 9.53 Å². The minimum Gasteiger partial charge on any atom is -0.480 e. The summed E-state index contributed by atoms with van der Waals surface area (Å²) in [6.07, 6.45) is 1.21. The molecule has 0 spiro atoms. The highest BCUT2D eigenvalue weighted by Crippen LogP contribution is 2.19. The molecule has 1 aromatic carbocycles. The Hall–Kier alpha value is -1.59. The van der Waals surface area contributed by atoms with Crippen LogP contribution in [0.2, 0.25) is 5.02 Å². The molecular formula is C15H18ClNO4. The van der Waals surface area contributed by atoms with Crippen molar-refractivity contribution in [3.05, 3.63) is 34.3 Å². The van der Waals surface area contributed by atoms with Gasteiger partial charge in [-0.25, -0.2) is 4.79 Å². The van der Waals surface area contributed by atoms with E-state index in [1.807, 2.05) is 19.1 Å². The van der Waals surface area contributed by atoms with Crippen LogP contribution in [0.3, 0.4) is 0 Å². The monoisotopic (exact) mass is 311 g/mol. The SMILES string of the molecule is Cc1cc(Cl)cc(C(=O)N2CCC(OCC(=O)O)CC2)c1. The lowest BCUT2D eigenvalue weighted by molar-refractivity contribution is -0.145. The Morgan fingerprint density at radius 1 is 1.33 bits per heavy atom. The fourth-order valence-corrected chi connectivity index (χ4v) is 2.75. The molecule has 1 aliphatic heterocycles. The number of hydrogen-bond donors (Lipinski definition) is 1. The maximum Gasteiger partial charge on any atom is 0.329 e. The van der Waals surface area contributed by atoms with E-state index in [2.05, 4.69) is 0 Å². The summed E-state index contributed by atoms with van der Waals surface area (Å²) in [6.45, 7) is 2.74. The van der Waals surface area contributed by atoms with Gasteiger partial charge < -0.3 is 14.7 Å². The summed E-state index contributed by atoms with van der Waals surface area (Å²) in [4.78, 5) is 24.6. The van der Waals surface area contributed by atoms with E-state index in [4.69, 9.17) is 21.4 Å². The Morgan fingerprint density at radius 3 is 2.57 bits per heavy atom. The molecule has 0 unspecified atom stereocenters. The number of halogens is 1. The van der Waals surface area contributed by atoms with E-state index in [9.17, 15) is 9.59 Å². The predicted octanol–water partition coefficient (Wildman–Crippen LogP) is 2.35. The standard InChI is InChI=1S/C15H18ClNO4/c1-10-6-11(8-12(16)7-10)15(20)17-4-2-13(3-5-17)21-9-14(18)19/h6-8,13H,2-5,9H2,1H3,(H,18,19). The molecule has 2 rings (SSSR count). The highest BCUT2D eigenvalue weighted by molar-refractivity contribution is 6.31. The number of carbonyl (C=O) groups is 2. The average Bonchev–Trinajstić information content (AvgIpc) is 2.44. The first kappa shape index (κ1) is 15.8. The van der Waals surface area contributed by atoms with Crippen molar-refractivity contribution in [2.75, 3.05) is 19.7 Å². The first-order valence-electron chi connectivity index (χ1n) is 6.85. The van der Waals surface area contributed by atoms with Crippen LogP contribution in [0, 0.1) is 6.92 Å². The molecule has 1 heterocycles. The van der Waals surface area contributed by atoms with E-state index in [1.165, 1.54) is 0 Å². The molecule has 0 aromatic heterocycles. The Morgan fingerprint density at radius 2 is 2.00 bits per heavy atom. The van der Waals surface area contributed by atoms with Crippen molar-refractivity contribution in [2.45, 2.75) is 25.9 Å². The van der Waals surface area contributed by atoms with E-state index < -0.39 is 5.97 Å². The van der Waals surface area contributed by atoms with Crippen molar-refractivity contribution in [3.63, 3.8) is 0 Å². The average molecular weight is 312 g/mol. The number of aryl methyl sites for hydroxylation is 1. The highest BCUT2D eigenvalue weighted by atomic mass is 35.5. The molecule has 6 heteroatoms. The van der Waals surface area contributed by atoms with Crippen LogP contribution in [0.15, 0.2) is 18.2 Å². The van der Waals surface area contributed by atoms with Gasteiger partial charge in [0, 0.05) is 23.7 Å². The zero-order valence-corrected chi connectivity index (χ0v) is 12.6. The predicted molar refractivity (Wildman–Crippen MR) is 78.7 cm³/mol. The topological polar surface area (TPSA) is 66.8 Å². The molecule has 5 nitrogen and oxygen atoms in total. The second-order valence-corrected chi connectivity index (χ2v) is 5.65. The summed E-state index contributed by atoms with van der Waals surface area (Å²) in [7, 11) is 0. The number of benzene rings is 1. The highest BCUT2D eigenvalue weighted by Gasteiger charge is 2.24.